The summed E-state index contributed by atoms with van der Waals surface area (Å²) in [6, 6.07) is 15.4. The van der Waals surface area contributed by atoms with Crippen molar-refractivity contribution in [3.8, 4) is 5.75 Å². The number of nitrogens with one attached hydrogen (secondary N) is 1. The Morgan fingerprint density at radius 1 is 1.14 bits per heavy atom. The standard InChI is InChI=1S/C21H22ClNO6/c1-12(24)23-17-18(25)19-16(11-26-20(29-19)13-5-3-2-4-6-13)28-21(17)27-15-9-7-14(22)8-10-15/h2-10,16-21,25H,11H2,1H3,(H,23,24)/t16-,17-,18-,19-,20-,21-/m1/s1. The van der Waals surface area contributed by atoms with Gasteiger partial charge in [-0.3, -0.25) is 4.79 Å². The number of rotatable bonds is 4. The minimum absolute atomic E-state index is 0.217. The first kappa shape index (κ1) is 20.1. The van der Waals surface area contributed by atoms with Gasteiger partial charge in [-0.2, -0.15) is 0 Å². The molecular formula is C21H22ClNO6. The third-order valence-electron chi connectivity index (χ3n) is 4.87. The molecule has 4 rings (SSSR count). The molecule has 6 atom stereocenters. The van der Waals surface area contributed by atoms with Gasteiger partial charge in [0, 0.05) is 17.5 Å². The van der Waals surface area contributed by atoms with Gasteiger partial charge in [0.1, 0.15) is 30.1 Å². The van der Waals surface area contributed by atoms with Gasteiger partial charge in [-0.15, -0.1) is 0 Å². The number of carbonyl (C=O) groups excluding carboxylic acids is 1. The highest BCUT2D eigenvalue weighted by Crippen LogP contribution is 2.34. The van der Waals surface area contributed by atoms with E-state index in [0.29, 0.717) is 10.8 Å². The van der Waals surface area contributed by atoms with E-state index in [2.05, 4.69) is 5.32 Å². The second-order valence-electron chi connectivity index (χ2n) is 7.01. The van der Waals surface area contributed by atoms with Gasteiger partial charge in [0.25, 0.3) is 0 Å². The van der Waals surface area contributed by atoms with Crippen LogP contribution in [-0.4, -0.2) is 48.3 Å². The van der Waals surface area contributed by atoms with Gasteiger partial charge in [-0.25, -0.2) is 0 Å². The molecule has 2 fully saturated rings. The molecule has 0 aromatic heterocycles. The van der Waals surface area contributed by atoms with Crippen LogP contribution in [0.2, 0.25) is 5.02 Å². The average Bonchev–Trinajstić information content (AvgIpc) is 2.73. The summed E-state index contributed by atoms with van der Waals surface area (Å²) in [4.78, 5) is 11.7. The predicted octanol–water partition coefficient (Wildman–Crippen LogP) is 2.42. The number of benzene rings is 2. The molecule has 7 nitrogen and oxygen atoms in total. The highest BCUT2D eigenvalue weighted by molar-refractivity contribution is 6.30. The molecule has 154 valence electrons. The van der Waals surface area contributed by atoms with E-state index in [-0.39, 0.29) is 12.5 Å². The maximum atomic E-state index is 11.7. The minimum atomic E-state index is -1.05. The Morgan fingerprint density at radius 3 is 2.55 bits per heavy atom. The Morgan fingerprint density at radius 2 is 1.86 bits per heavy atom. The second kappa shape index (κ2) is 8.69. The Labute approximate surface area is 173 Å². The largest absolute Gasteiger partial charge is 0.463 e. The van der Waals surface area contributed by atoms with E-state index >= 15 is 0 Å². The van der Waals surface area contributed by atoms with Crippen LogP contribution in [0.1, 0.15) is 18.8 Å². The molecule has 0 spiro atoms. The monoisotopic (exact) mass is 419 g/mol. The quantitative estimate of drug-likeness (QED) is 0.791. The summed E-state index contributed by atoms with van der Waals surface area (Å²) in [5, 5.41) is 14.3. The van der Waals surface area contributed by atoms with Crippen molar-refractivity contribution in [2.75, 3.05) is 6.61 Å². The van der Waals surface area contributed by atoms with Gasteiger partial charge < -0.3 is 29.4 Å². The Bertz CT molecular complexity index is 833. The van der Waals surface area contributed by atoms with E-state index < -0.39 is 36.9 Å². The fourth-order valence-electron chi connectivity index (χ4n) is 3.51. The van der Waals surface area contributed by atoms with E-state index in [4.69, 9.17) is 30.5 Å². The smallest absolute Gasteiger partial charge is 0.223 e. The zero-order chi connectivity index (χ0) is 20.4. The molecule has 2 aliphatic rings. The van der Waals surface area contributed by atoms with Crippen LogP contribution in [0.4, 0.5) is 0 Å². The van der Waals surface area contributed by atoms with E-state index in [9.17, 15) is 9.90 Å². The maximum absolute atomic E-state index is 11.7. The first-order valence-electron chi connectivity index (χ1n) is 9.36. The summed E-state index contributed by atoms with van der Waals surface area (Å²) in [5.74, 6) is 0.188. The molecule has 2 heterocycles. The van der Waals surface area contributed by atoms with Crippen molar-refractivity contribution in [1.82, 2.24) is 5.32 Å². The Balaban J connectivity index is 1.53. The molecule has 2 N–H and O–H groups in total. The molecule has 0 unspecified atom stereocenters. The number of hydrogen-bond acceptors (Lipinski definition) is 6. The van der Waals surface area contributed by atoms with E-state index in [0.717, 1.165) is 5.56 Å². The van der Waals surface area contributed by atoms with Crippen LogP contribution in [0.15, 0.2) is 54.6 Å². The third-order valence-corrected chi connectivity index (χ3v) is 5.13. The molecule has 29 heavy (non-hydrogen) atoms. The van der Waals surface area contributed by atoms with Crippen molar-refractivity contribution in [2.45, 2.75) is 43.9 Å². The van der Waals surface area contributed by atoms with Crippen LogP contribution in [0.5, 0.6) is 5.75 Å². The summed E-state index contributed by atoms with van der Waals surface area (Å²) in [6.45, 7) is 1.59. The second-order valence-corrected chi connectivity index (χ2v) is 7.44. The SMILES string of the molecule is CC(=O)N[C@H]1[C@H](Oc2ccc(Cl)cc2)O[C@@H]2CO[C@@H](c3ccccc3)O[C@H]2[C@@H]1O. The number of aliphatic hydroxyl groups excluding tert-OH is 1. The summed E-state index contributed by atoms with van der Waals surface area (Å²) in [7, 11) is 0. The molecule has 0 saturated carbocycles. The molecule has 8 heteroatoms. The lowest BCUT2D eigenvalue weighted by atomic mass is 9.95. The lowest BCUT2D eigenvalue weighted by Crippen LogP contribution is -2.67. The molecule has 0 bridgehead atoms. The molecular weight excluding hydrogens is 398 g/mol. The van der Waals surface area contributed by atoms with Crippen LogP contribution < -0.4 is 10.1 Å². The first-order valence-corrected chi connectivity index (χ1v) is 9.74. The van der Waals surface area contributed by atoms with Gasteiger partial charge in [0.15, 0.2) is 6.29 Å². The zero-order valence-corrected chi connectivity index (χ0v) is 16.5. The highest BCUT2D eigenvalue weighted by Gasteiger charge is 2.50. The number of hydrogen-bond donors (Lipinski definition) is 2. The Kier molecular flexibility index (Phi) is 6.03. The average molecular weight is 420 g/mol. The van der Waals surface area contributed by atoms with Gasteiger partial charge >= 0.3 is 0 Å². The normalized spacial score (nSPS) is 31.6. The molecule has 0 radical (unpaired) electrons. The molecule has 2 saturated heterocycles. The molecule has 2 aliphatic heterocycles. The van der Waals surface area contributed by atoms with Gasteiger partial charge in [0.05, 0.1) is 6.61 Å². The molecule has 1 amide bonds. The van der Waals surface area contributed by atoms with Crippen molar-refractivity contribution >= 4 is 17.5 Å². The maximum Gasteiger partial charge on any atom is 0.223 e. The van der Waals surface area contributed by atoms with Crippen LogP contribution >= 0.6 is 11.6 Å². The first-order chi connectivity index (χ1) is 14.0. The predicted molar refractivity (Wildman–Crippen MR) is 104 cm³/mol. The van der Waals surface area contributed by atoms with Crippen molar-refractivity contribution in [3.05, 3.63) is 65.2 Å². The number of halogens is 1. The topological polar surface area (TPSA) is 86.3 Å². The number of amides is 1. The van der Waals surface area contributed by atoms with E-state index in [1.807, 2.05) is 30.3 Å². The van der Waals surface area contributed by atoms with Crippen LogP contribution in [-0.2, 0) is 19.0 Å². The summed E-state index contributed by atoms with van der Waals surface area (Å²) in [6.07, 6.45) is -3.83. The minimum Gasteiger partial charge on any atom is -0.463 e. The summed E-state index contributed by atoms with van der Waals surface area (Å²) < 4.78 is 23.7. The van der Waals surface area contributed by atoms with Crippen molar-refractivity contribution in [1.29, 1.82) is 0 Å². The van der Waals surface area contributed by atoms with Crippen molar-refractivity contribution in [3.63, 3.8) is 0 Å². The highest BCUT2D eigenvalue weighted by atomic mass is 35.5. The fraction of sp³-hybridized carbons (Fsp3) is 0.381. The lowest BCUT2D eigenvalue weighted by Gasteiger charge is -2.47. The van der Waals surface area contributed by atoms with E-state index in [1.165, 1.54) is 6.92 Å². The van der Waals surface area contributed by atoms with Crippen molar-refractivity contribution in [2.24, 2.45) is 0 Å². The summed E-state index contributed by atoms with van der Waals surface area (Å²) >= 11 is 5.91. The van der Waals surface area contributed by atoms with Gasteiger partial charge in [-0.1, -0.05) is 41.9 Å². The lowest BCUT2D eigenvalue weighted by molar-refractivity contribution is -0.333. The number of carbonyl (C=O) groups is 1. The molecule has 0 aliphatic carbocycles. The van der Waals surface area contributed by atoms with Crippen LogP contribution in [0.3, 0.4) is 0 Å². The zero-order valence-electron chi connectivity index (χ0n) is 15.7. The van der Waals surface area contributed by atoms with Gasteiger partial charge in [-0.05, 0) is 24.3 Å². The fourth-order valence-corrected chi connectivity index (χ4v) is 3.63. The molecule has 2 aromatic carbocycles. The summed E-state index contributed by atoms with van der Waals surface area (Å²) in [5.41, 5.74) is 0.841. The number of fused-ring (bicyclic) bond motifs is 1. The van der Waals surface area contributed by atoms with Crippen molar-refractivity contribution < 1.29 is 28.8 Å². The number of aliphatic hydroxyl groups is 1. The van der Waals surface area contributed by atoms with Crippen LogP contribution in [0, 0.1) is 0 Å². The van der Waals surface area contributed by atoms with Crippen LogP contribution in [0.25, 0.3) is 0 Å². The molecule has 2 aromatic rings. The van der Waals surface area contributed by atoms with Gasteiger partial charge in [0.2, 0.25) is 12.2 Å². The van der Waals surface area contributed by atoms with E-state index in [1.54, 1.807) is 24.3 Å². The third kappa shape index (κ3) is 4.55. The number of ether oxygens (including phenoxy) is 4. The Hall–Kier alpha value is -2.16.